The summed E-state index contributed by atoms with van der Waals surface area (Å²) < 4.78 is 35.0. The average Bonchev–Trinajstić information content (AvgIpc) is 3.09. The Morgan fingerprint density at radius 1 is 1.43 bits per heavy atom. The van der Waals surface area contributed by atoms with Crippen LogP contribution in [0.1, 0.15) is 25.3 Å². The normalized spacial score (nSPS) is 25.4. The second-order valence-electron chi connectivity index (χ2n) is 5.50. The molecular formula is C15H17F2N3O. The summed E-state index contributed by atoms with van der Waals surface area (Å²) in [5.74, 6) is -0.804. The fourth-order valence-electron chi connectivity index (χ4n) is 2.94. The number of nitrogens with zero attached hydrogens (tertiary/aromatic N) is 3. The third-order valence-electron chi connectivity index (χ3n) is 4.10. The van der Waals surface area contributed by atoms with Crippen LogP contribution in [0.5, 0.6) is 0 Å². The van der Waals surface area contributed by atoms with E-state index < -0.39 is 17.2 Å². The minimum absolute atomic E-state index is 0.359. The number of hydrogen-bond acceptors (Lipinski definition) is 3. The van der Waals surface area contributed by atoms with Gasteiger partial charge in [0.15, 0.2) is 0 Å². The molecule has 0 amide bonds. The summed E-state index contributed by atoms with van der Waals surface area (Å²) in [6.07, 6.45) is 4.65. The monoisotopic (exact) mass is 293 g/mol. The molecule has 0 aliphatic carbocycles. The molecule has 1 fully saturated rings. The highest BCUT2D eigenvalue weighted by Gasteiger charge is 2.43. The number of ether oxygens (including phenoxy) is 1. The molecule has 1 aliphatic heterocycles. The van der Waals surface area contributed by atoms with Crippen LogP contribution in [0.4, 0.5) is 8.78 Å². The summed E-state index contributed by atoms with van der Waals surface area (Å²) in [5.41, 5.74) is -0.429. The van der Waals surface area contributed by atoms with Gasteiger partial charge in [-0.2, -0.15) is 5.10 Å². The lowest BCUT2D eigenvalue weighted by atomic mass is 9.86. The molecule has 0 saturated carbocycles. The van der Waals surface area contributed by atoms with Gasteiger partial charge in [0, 0.05) is 11.6 Å². The number of halogens is 2. The van der Waals surface area contributed by atoms with Crippen LogP contribution in [0.2, 0.25) is 0 Å². The second kappa shape index (κ2) is 5.52. The Balaban J connectivity index is 1.99. The molecule has 0 spiro atoms. The van der Waals surface area contributed by atoms with Crippen LogP contribution >= 0.6 is 0 Å². The Bertz CT molecular complexity index is 617. The zero-order valence-corrected chi connectivity index (χ0v) is 11.8. The molecule has 3 rings (SSSR count). The van der Waals surface area contributed by atoms with E-state index in [1.165, 1.54) is 18.5 Å². The van der Waals surface area contributed by atoms with E-state index in [-0.39, 0.29) is 0 Å². The highest BCUT2D eigenvalue weighted by Crippen LogP contribution is 2.42. The Labute approximate surface area is 121 Å². The van der Waals surface area contributed by atoms with Crippen molar-refractivity contribution in [3.05, 3.63) is 48.1 Å². The van der Waals surface area contributed by atoms with E-state index >= 15 is 0 Å². The van der Waals surface area contributed by atoms with Gasteiger partial charge in [-0.15, -0.1) is 0 Å². The van der Waals surface area contributed by atoms with E-state index in [1.54, 1.807) is 11.0 Å². The fourth-order valence-corrected chi connectivity index (χ4v) is 2.94. The third-order valence-corrected chi connectivity index (χ3v) is 4.10. The first-order valence-electron chi connectivity index (χ1n) is 7.05. The summed E-state index contributed by atoms with van der Waals surface area (Å²) in [4.78, 5) is 3.91. The van der Waals surface area contributed by atoms with E-state index in [4.69, 9.17) is 4.74 Å². The lowest BCUT2D eigenvalue weighted by Crippen LogP contribution is -2.32. The van der Waals surface area contributed by atoms with Crippen LogP contribution < -0.4 is 0 Å². The van der Waals surface area contributed by atoms with Crippen molar-refractivity contribution in [2.75, 3.05) is 6.61 Å². The van der Waals surface area contributed by atoms with Gasteiger partial charge in [-0.3, -0.25) is 0 Å². The van der Waals surface area contributed by atoms with Gasteiger partial charge in [0.25, 0.3) is 0 Å². The molecule has 0 radical (unpaired) electrons. The van der Waals surface area contributed by atoms with Crippen LogP contribution in [0.15, 0.2) is 30.9 Å². The minimum atomic E-state index is -0.813. The summed E-state index contributed by atoms with van der Waals surface area (Å²) in [7, 11) is 0. The van der Waals surface area contributed by atoms with Gasteiger partial charge in [-0.1, -0.05) is 19.4 Å². The second-order valence-corrected chi connectivity index (χ2v) is 5.50. The van der Waals surface area contributed by atoms with Gasteiger partial charge < -0.3 is 4.74 Å². The Kier molecular flexibility index (Phi) is 3.71. The largest absolute Gasteiger partial charge is 0.368 e. The minimum Gasteiger partial charge on any atom is -0.368 e. The van der Waals surface area contributed by atoms with Crippen molar-refractivity contribution in [2.45, 2.75) is 31.9 Å². The predicted molar refractivity (Wildman–Crippen MR) is 72.4 cm³/mol. The SMILES string of the molecule is CC[C@@H]1CO[C@](Cn2cncn2)(c2ccc(F)cc2F)C1. The van der Waals surface area contributed by atoms with Gasteiger partial charge in [0.1, 0.15) is 29.9 Å². The first-order valence-corrected chi connectivity index (χ1v) is 7.05. The molecule has 0 bridgehead atoms. The zero-order valence-electron chi connectivity index (χ0n) is 11.8. The highest BCUT2D eigenvalue weighted by molar-refractivity contribution is 5.26. The molecule has 2 atom stereocenters. The van der Waals surface area contributed by atoms with E-state index in [0.29, 0.717) is 31.1 Å². The van der Waals surface area contributed by atoms with Gasteiger partial charge in [-0.05, 0) is 18.4 Å². The lowest BCUT2D eigenvalue weighted by molar-refractivity contribution is -0.0204. The van der Waals surface area contributed by atoms with Gasteiger partial charge in [0.2, 0.25) is 0 Å². The van der Waals surface area contributed by atoms with Gasteiger partial charge in [-0.25, -0.2) is 18.4 Å². The van der Waals surface area contributed by atoms with Crippen LogP contribution in [0, 0.1) is 17.6 Å². The van der Waals surface area contributed by atoms with E-state index in [2.05, 4.69) is 17.0 Å². The van der Waals surface area contributed by atoms with Crippen LogP contribution in [0.25, 0.3) is 0 Å². The zero-order chi connectivity index (χ0) is 14.9. The molecule has 6 heteroatoms. The molecule has 1 aliphatic rings. The van der Waals surface area contributed by atoms with E-state index in [1.807, 2.05) is 0 Å². The van der Waals surface area contributed by atoms with Crippen LogP contribution in [-0.2, 0) is 16.9 Å². The summed E-state index contributed by atoms with van der Waals surface area (Å²) in [5, 5.41) is 4.08. The van der Waals surface area contributed by atoms with Gasteiger partial charge in [0.05, 0.1) is 13.2 Å². The number of rotatable bonds is 4. The van der Waals surface area contributed by atoms with Crippen molar-refractivity contribution < 1.29 is 13.5 Å². The molecular weight excluding hydrogens is 276 g/mol. The smallest absolute Gasteiger partial charge is 0.137 e. The molecule has 1 saturated heterocycles. The number of benzene rings is 1. The Morgan fingerprint density at radius 2 is 2.29 bits per heavy atom. The van der Waals surface area contributed by atoms with Crippen LogP contribution in [-0.4, -0.2) is 21.4 Å². The first kappa shape index (κ1) is 14.1. The Morgan fingerprint density at radius 3 is 2.90 bits per heavy atom. The molecule has 21 heavy (non-hydrogen) atoms. The van der Waals surface area contributed by atoms with Crippen molar-refractivity contribution in [3.8, 4) is 0 Å². The molecule has 4 nitrogen and oxygen atoms in total. The molecule has 0 unspecified atom stereocenters. The summed E-state index contributed by atoms with van der Waals surface area (Å²) in [6, 6.07) is 3.64. The standard InChI is InChI=1S/C15H17F2N3O/c1-2-11-6-15(21-7-11,8-20-10-18-9-19-20)13-4-3-12(16)5-14(13)17/h3-5,9-11H,2,6-8H2,1H3/t11-,15+/m0/s1. The number of aromatic nitrogens is 3. The van der Waals surface area contributed by atoms with Crippen molar-refractivity contribution in [1.82, 2.24) is 14.8 Å². The van der Waals surface area contributed by atoms with Crippen LogP contribution in [0.3, 0.4) is 0 Å². The fraction of sp³-hybridized carbons (Fsp3) is 0.467. The number of hydrogen-bond donors (Lipinski definition) is 0. The van der Waals surface area contributed by atoms with Crippen molar-refractivity contribution in [1.29, 1.82) is 0 Å². The molecule has 2 heterocycles. The van der Waals surface area contributed by atoms with E-state index in [9.17, 15) is 8.78 Å². The lowest BCUT2D eigenvalue weighted by Gasteiger charge is -2.29. The highest BCUT2D eigenvalue weighted by atomic mass is 19.1. The first-order chi connectivity index (χ1) is 10.1. The van der Waals surface area contributed by atoms with Crippen molar-refractivity contribution in [2.24, 2.45) is 5.92 Å². The van der Waals surface area contributed by atoms with Crippen molar-refractivity contribution >= 4 is 0 Å². The quantitative estimate of drug-likeness (QED) is 0.870. The maximum Gasteiger partial charge on any atom is 0.137 e. The molecule has 1 aromatic carbocycles. The summed E-state index contributed by atoms with van der Waals surface area (Å²) in [6.45, 7) is 3.02. The third kappa shape index (κ3) is 2.68. The van der Waals surface area contributed by atoms with E-state index in [0.717, 1.165) is 12.5 Å². The Hall–Kier alpha value is -1.82. The maximum atomic E-state index is 14.2. The summed E-state index contributed by atoms with van der Waals surface area (Å²) >= 11 is 0. The molecule has 1 aromatic heterocycles. The average molecular weight is 293 g/mol. The molecule has 0 N–H and O–H groups in total. The van der Waals surface area contributed by atoms with Crippen molar-refractivity contribution in [3.63, 3.8) is 0 Å². The maximum absolute atomic E-state index is 14.2. The molecule has 2 aromatic rings. The molecule has 112 valence electrons. The predicted octanol–water partition coefficient (Wildman–Crippen LogP) is 2.90. The topological polar surface area (TPSA) is 39.9 Å². The van der Waals surface area contributed by atoms with Gasteiger partial charge >= 0.3 is 0 Å².